The Bertz CT molecular complexity index is 571. The van der Waals surface area contributed by atoms with E-state index in [-0.39, 0.29) is 21.5 Å². The zero-order chi connectivity index (χ0) is 10.3. The normalized spacial score (nSPS) is 11.5. The molecule has 2 aromatic carbocycles. The van der Waals surface area contributed by atoms with Crippen LogP contribution in [0.25, 0.3) is 21.8 Å². The van der Waals surface area contributed by atoms with E-state index in [4.69, 9.17) is 0 Å². The van der Waals surface area contributed by atoms with Gasteiger partial charge in [-0.25, -0.2) is 0 Å². The molecule has 1 nitrogen and oxygen atoms in total. The Morgan fingerprint density at radius 2 is 1.27 bits per heavy atom. The van der Waals surface area contributed by atoms with E-state index < -0.39 is 0 Å². The summed E-state index contributed by atoms with van der Waals surface area (Å²) in [5, 5.41) is 2.77. The second kappa shape index (κ2) is 3.52. The van der Waals surface area contributed by atoms with Crippen molar-refractivity contribution in [3.8, 4) is 0 Å². The summed E-state index contributed by atoms with van der Waals surface area (Å²) in [6, 6.07) is 17.4. The van der Waals surface area contributed by atoms with Crippen molar-refractivity contribution in [2.75, 3.05) is 4.93 Å². The van der Waals surface area contributed by atoms with Crippen molar-refractivity contribution < 1.29 is 21.5 Å². The van der Waals surface area contributed by atoms with Crippen LogP contribution in [0.1, 0.15) is 0 Å². The molecule has 0 saturated carbocycles. The van der Waals surface area contributed by atoms with Gasteiger partial charge in [-0.15, -0.1) is 0 Å². The zero-order valence-electron chi connectivity index (χ0n) is 8.44. The first-order valence-electron chi connectivity index (χ1n) is 4.90. The Morgan fingerprint density at radius 1 is 0.800 bits per heavy atom. The molecule has 1 aromatic heterocycles. The van der Waals surface area contributed by atoms with Gasteiger partial charge < -0.3 is 0 Å². The first-order valence-corrected chi connectivity index (χ1v) is 8.02. The molecule has 0 fully saturated rings. The number of hydrogen-bond acceptors (Lipinski definition) is 0. The SMILES string of the molecule is C[I-]n1c2ccccc2c2ccccc21. The molecule has 0 aliphatic heterocycles. The second-order valence-electron chi connectivity index (χ2n) is 3.48. The number of alkyl halides is 1. The van der Waals surface area contributed by atoms with Gasteiger partial charge in [-0.05, 0) is 0 Å². The van der Waals surface area contributed by atoms with Crippen molar-refractivity contribution in [3.05, 3.63) is 48.5 Å². The molecular formula is C13H11IN-. The van der Waals surface area contributed by atoms with Crippen molar-refractivity contribution in [1.29, 1.82) is 0 Å². The van der Waals surface area contributed by atoms with Gasteiger partial charge in [0.15, 0.2) is 0 Å². The maximum absolute atomic E-state index is 2.48. The van der Waals surface area contributed by atoms with Crippen LogP contribution in [0.15, 0.2) is 48.5 Å². The first-order chi connectivity index (χ1) is 7.42. The van der Waals surface area contributed by atoms with E-state index in [1.165, 1.54) is 21.8 Å². The van der Waals surface area contributed by atoms with Crippen molar-refractivity contribution >= 4 is 21.8 Å². The minimum atomic E-state index is 0.0592. The molecule has 0 unspecified atom stereocenters. The van der Waals surface area contributed by atoms with Crippen LogP contribution >= 0.6 is 0 Å². The summed E-state index contributed by atoms with van der Waals surface area (Å²) < 4.78 is 2.48. The van der Waals surface area contributed by atoms with Crippen molar-refractivity contribution in [2.24, 2.45) is 0 Å². The Balaban J connectivity index is 2.62. The van der Waals surface area contributed by atoms with Crippen molar-refractivity contribution in [3.63, 3.8) is 0 Å². The number of hydrogen-bond donors (Lipinski definition) is 0. The fourth-order valence-electron chi connectivity index (χ4n) is 2.06. The number of halogens is 1. The molecule has 0 amide bonds. The molecule has 0 N–H and O–H groups in total. The molecule has 0 radical (unpaired) electrons. The molecule has 0 saturated heterocycles. The number of aromatic nitrogens is 1. The standard InChI is InChI=1S/C13H11IN/c1-14-15-12-8-4-2-6-10(12)11-7-3-5-9-13(11)15/h2-9H,1H3/q-1. The average Bonchev–Trinajstić information content (AvgIpc) is 2.63. The molecule has 3 rings (SSSR count). The number of nitrogens with zero attached hydrogens (tertiary/aromatic N) is 1. The Hall–Kier alpha value is -1.03. The summed E-state index contributed by atoms with van der Waals surface area (Å²) in [5.41, 5.74) is 2.77. The van der Waals surface area contributed by atoms with E-state index in [0.29, 0.717) is 0 Å². The van der Waals surface area contributed by atoms with Gasteiger partial charge in [0.1, 0.15) is 0 Å². The third-order valence-corrected chi connectivity index (χ3v) is 4.69. The molecule has 0 atom stereocenters. The van der Waals surface area contributed by atoms with Crippen LogP contribution in [0.5, 0.6) is 0 Å². The van der Waals surface area contributed by atoms with Gasteiger partial charge in [0.05, 0.1) is 0 Å². The predicted molar refractivity (Wildman–Crippen MR) is 60.8 cm³/mol. The molecule has 1 heterocycles. The van der Waals surface area contributed by atoms with E-state index in [2.05, 4.69) is 56.2 Å². The van der Waals surface area contributed by atoms with Gasteiger partial charge in [0, 0.05) is 0 Å². The molecule has 76 valence electrons. The van der Waals surface area contributed by atoms with Crippen LogP contribution in [0.4, 0.5) is 0 Å². The van der Waals surface area contributed by atoms with Gasteiger partial charge in [-0.3, -0.25) is 0 Å². The molecule has 0 bridgehead atoms. The third-order valence-electron chi connectivity index (χ3n) is 2.69. The van der Waals surface area contributed by atoms with Crippen LogP contribution in [0.3, 0.4) is 0 Å². The Kier molecular flexibility index (Phi) is 2.16. The summed E-state index contributed by atoms with van der Waals surface area (Å²) in [6.07, 6.45) is 0. The van der Waals surface area contributed by atoms with E-state index >= 15 is 0 Å². The summed E-state index contributed by atoms with van der Waals surface area (Å²) in [6.45, 7) is 0. The van der Waals surface area contributed by atoms with Crippen molar-refractivity contribution in [1.82, 2.24) is 2.78 Å². The van der Waals surface area contributed by atoms with Gasteiger partial charge in [-0.2, -0.15) is 0 Å². The third kappa shape index (κ3) is 1.28. The van der Waals surface area contributed by atoms with Crippen LogP contribution in [-0.2, 0) is 0 Å². The number of para-hydroxylation sites is 2. The maximum atomic E-state index is 2.48. The molecular weight excluding hydrogens is 297 g/mol. The summed E-state index contributed by atoms with van der Waals surface area (Å²) in [7, 11) is 0. The van der Waals surface area contributed by atoms with E-state index in [1.807, 2.05) is 0 Å². The minimum absolute atomic E-state index is 0.0592. The van der Waals surface area contributed by atoms with Gasteiger partial charge in [-0.1, -0.05) is 0 Å². The van der Waals surface area contributed by atoms with Crippen LogP contribution < -0.4 is 21.5 Å². The van der Waals surface area contributed by atoms with E-state index in [0.717, 1.165) is 0 Å². The Labute approximate surface area is 99.3 Å². The van der Waals surface area contributed by atoms with Crippen molar-refractivity contribution in [2.45, 2.75) is 0 Å². The monoisotopic (exact) mass is 308 g/mol. The quantitative estimate of drug-likeness (QED) is 0.449. The zero-order valence-corrected chi connectivity index (χ0v) is 10.6. The van der Waals surface area contributed by atoms with Gasteiger partial charge >= 0.3 is 99.5 Å². The first kappa shape index (κ1) is 9.21. The van der Waals surface area contributed by atoms with Gasteiger partial charge in [0.25, 0.3) is 0 Å². The number of fused-ring (bicyclic) bond motifs is 3. The van der Waals surface area contributed by atoms with E-state index in [9.17, 15) is 0 Å². The predicted octanol–water partition coefficient (Wildman–Crippen LogP) is 0.276. The fourth-order valence-corrected chi connectivity index (χ4v) is 3.94. The van der Waals surface area contributed by atoms with Crippen LogP contribution in [-0.4, -0.2) is 7.71 Å². The summed E-state index contributed by atoms with van der Waals surface area (Å²) in [4.78, 5) is 2.30. The number of rotatable bonds is 1. The summed E-state index contributed by atoms with van der Waals surface area (Å²) >= 11 is 0.0592. The second-order valence-corrected chi connectivity index (χ2v) is 5.41. The fraction of sp³-hybridized carbons (Fsp3) is 0.0769. The molecule has 3 aromatic rings. The molecule has 15 heavy (non-hydrogen) atoms. The molecule has 0 aliphatic rings. The molecule has 2 heteroatoms. The van der Waals surface area contributed by atoms with Gasteiger partial charge in [0.2, 0.25) is 0 Å². The summed E-state index contributed by atoms with van der Waals surface area (Å²) in [5.74, 6) is 0. The molecule has 0 aliphatic carbocycles. The topological polar surface area (TPSA) is 4.93 Å². The Morgan fingerprint density at radius 3 is 1.73 bits per heavy atom. The van der Waals surface area contributed by atoms with Crippen LogP contribution in [0, 0.1) is 0 Å². The number of benzene rings is 2. The van der Waals surface area contributed by atoms with Crippen LogP contribution in [0.2, 0.25) is 0 Å². The van der Waals surface area contributed by atoms with E-state index in [1.54, 1.807) is 0 Å². The molecule has 0 spiro atoms. The average molecular weight is 308 g/mol.